The van der Waals surface area contributed by atoms with Gasteiger partial charge in [-0.15, -0.1) is 0 Å². The summed E-state index contributed by atoms with van der Waals surface area (Å²) >= 11 is 0. The molecule has 29 heavy (non-hydrogen) atoms. The maximum absolute atomic E-state index is 11.5. The van der Waals surface area contributed by atoms with Crippen LogP contribution in [0.4, 0.5) is 0 Å². The number of amides is 6. The summed E-state index contributed by atoms with van der Waals surface area (Å²) in [6.07, 6.45) is 6.15. The Kier molecular flexibility index (Phi) is 6.70. The normalized spacial score (nSPS) is 16.4. The van der Waals surface area contributed by atoms with Crippen molar-refractivity contribution in [1.29, 1.82) is 0 Å². The summed E-state index contributed by atoms with van der Waals surface area (Å²) in [6, 6.07) is 5.79. The Morgan fingerprint density at radius 2 is 1.00 bits per heavy atom. The first-order valence-electron chi connectivity index (χ1n) is 8.37. The van der Waals surface area contributed by atoms with Gasteiger partial charge in [-0.05, 0) is 30.5 Å². The molecule has 6 amide bonds. The fraction of sp³-hybridized carbons (Fsp3) is 0.100. The Morgan fingerprint density at radius 3 is 1.28 bits per heavy atom. The first-order chi connectivity index (χ1) is 13.7. The van der Waals surface area contributed by atoms with Gasteiger partial charge in [-0.25, -0.2) is 0 Å². The number of hydrogen-bond acceptors (Lipinski definition) is 6. The van der Waals surface area contributed by atoms with E-state index in [1.165, 1.54) is 30.4 Å². The molecule has 0 atom stereocenters. The van der Waals surface area contributed by atoms with Gasteiger partial charge in [0, 0.05) is 30.4 Å². The van der Waals surface area contributed by atoms with E-state index >= 15 is 0 Å². The second-order valence-corrected chi connectivity index (χ2v) is 6.02. The molecule has 9 nitrogen and oxygen atoms in total. The Hall–Kier alpha value is -4.14. The van der Waals surface area contributed by atoms with Crippen molar-refractivity contribution in [2.45, 2.75) is 13.8 Å². The Balaban J connectivity index is 0.000000178. The predicted octanol–water partition coefficient (Wildman–Crippen LogP) is -0.259. The van der Waals surface area contributed by atoms with Crippen LogP contribution in [-0.2, 0) is 28.8 Å². The van der Waals surface area contributed by atoms with Gasteiger partial charge in [0.2, 0.25) is 0 Å². The average molecular weight is 395 g/mol. The lowest BCUT2D eigenvalue weighted by atomic mass is 9.96. The molecule has 0 aromatic heterocycles. The van der Waals surface area contributed by atoms with Crippen LogP contribution in [0.2, 0.25) is 0 Å². The summed E-state index contributed by atoms with van der Waals surface area (Å²) in [6.45, 7) is 3.86. The van der Waals surface area contributed by atoms with Crippen LogP contribution in [-0.4, -0.2) is 35.4 Å². The molecule has 3 aliphatic heterocycles. The lowest BCUT2D eigenvalue weighted by Gasteiger charge is -2.08. The number of rotatable bonds is 1. The van der Waals surface area contributed by atoms with Crippen molar-refractivity contribution in [2.24, 2.45) is 0 Å². The Bertz CT molecular complexity index is 929. The number of benzene rings is 1. The lowest BCUT2D eigenvalue weighted by Crippen LogP contribution is -2.22. The second-order valence-electron chi connectivity index (χ2n) is 6.02. The Morgan fingerprint density at radius 1 is 0.586 bits per heavy atom. The van der Waals surface area contributed by atoms with Crippen LogP contribution in [0.3, 0.4) is 0 Å². The van der Waals surface area contributed by atoms with Crippen molar-refractivity contribution in [3.8, 4) is 0 Å². The fourth-order valence-corrected chi connectivity index (χ4v) is 2.55. The largest absolute Gasteiger partial charge is 0.289 e. The van der Waals surface area contributed by atoms with Gasteiger partial charge in [0.1, 0.15) is 0 Å². The molecule has 0 fully saturated rings. The summed E-state index contributed by atoms with van der Waals surface area (Å²) in [5.74, 6) is -1.96. The number of nitrogens with one attached hydrogen (secondary N) is 3. The third-order valence-electron chi connectivity index (χ3n) is 3.77. The summed E-state index contributed by atoms with van der Waals surface area (Å²) in [7, 11) is 0. The van der Waals surface area contributed by atoms with E-state index in [1.54, 1.807) is 0 Å². The number of hydrogen-bond donors (Lipinski definition) is 3. The van der Waals surface area contributed by atoms with E-state index in [2.05, 4.69) is 5.32 Å². The van der Waals surface area contributed by atoms with Crippen molar-refractivity contribution in [2.75, 3.05) is 0 Å². The van der Waals surface area contributed by atoms with Gasteiger partial charge in [-0.1, -0.05) is 18.2 Å². The molecule has 0 saturated heterocycles. The molecule has 148 valence electrons. The minimum atomic E-state index is -0.336. The summed E-state index contributed by atoms with van der Waals surface area (Å²) in [5, 5.41) is 6.30. The van der Waals surface area contributed by atoms with Crippen LogP contribution < -0.4 is 16.0 Å². The topological polar surface area (TPSA) is 139 Å². The molecule has 1 aromatic rings. The molecule has 4 rings (SSSR count). The Labute approximate surface area is 165 Å². The van der Waals surface area contributed by atoms with Gasteiger partial charge < -0.3 is 0 Å². The van der Waals surface area contributed by atoms with E-state index in [1.807, 2.05) is 42.7 Å². The van der Waals surface area contributed by atoms with E-state index in [9.17, 15) is 28.8 Å². The highest BCUT2D eigenvalue weighted by molar-refractivity contribution is 6.34. The molecule has 0 radical (unpaired) electrons. The third-order valence-corrected chi connectivity index (χ3v) is 3.77. The predicted molar refractivity (Wildman–Crippen MR) is 102 cm³/mol. The zero-order valence-corrected chi connectivity index (χ0v) is 15.6. The molecule has 0 spiro atoms. The van der Waals surface area contributed by atoms with E-state index in [4.69, 9.17) is 0 Å². The van der Waals surface area contributed by atoms with Gasteiger partial charge in [0.25, 0.3) is 35.4 Å². The zero-order valence-electron chi connectivity index (χ0n) is 15.6. The smallest absolute Gasteiger partial charge is 0.258 e. The van der Waals surface area contributed by atoms with Gasteiger partial charge >= 0.3 is 0 Å². The van der Waals surface area contributed by atoms with Gasteiger partial charge in [-0.2, -0.15) is 0 Å². The third kappa shape index (κ3) is 5.93. The molecule has 3 aliphatic rings. The van der Waals surface area contributed by atoms with Crippen LogP contribution in [0.25, 0.3) is 5.57 Å². The highest BCUT2D eigenvalue weighted by Gasteiger charge is 2.24. The van der Waals surface area contributed by atoms with Gasteiger partial charge in [0.05, 0.1) is 5.57 Å². The van der Waals surface area contributed by atoms with Crippen LogP contribution in [0.15, 0.2) is 48.6 Å². The standard InChI is InChI=1S/C12H11NO2.2C4H3NO2/c1-7-4-3-5-8(2)11(7)9-6-10(14)13-12(9)15;2*6-3-1-2-4(7)5-3/h3-6H,1-2H3,(H,13,14,15);2*1-2H,(H,5,6,7). The van der Waals surface area contributed by atoms with Crippen molar-refractivity contribution < 1.29 is 28.8 Å². The highest BCUT2D eigenvalue weighted by atomic mass is 16.2. The van der Waals surface area contributed by atoms with E-state index in [-0.39, 0.29) is 35.4 Å². The molecular weight excluding hydrogens is 378 g/mol. The van der Waals surface area contributed by atoms with Crippen molar-refractivity contribution >= 4 is 41.0 Å². The maximum atomic E-state index is 11.5. The second kappa shape index (κ2) is 9.18. The summed E-state index contributed by atoms with van der Waals surface area (Å²) < 4.78 is 0. The van der Waals surface area contributed by atoms with Crippen LogP contribution in [0.5, 0.6) is 0 Å². The van der Waals surface area contributed by atoms with E-state index in [0.717, 1.165) is 16.7 Å². The molecule has 1 aromatic carbocycles. The number of carbonyl (C=O) groups is 6. The highest BCUT2D eigenvalue weighted by Crippen LogP contribution is 2.24. The average Bonchev–Trinajstić information content (AvgIpc) is 3.30. The first kappa shape index (κ1) is 21.2. The fourth-order valence-electron chi connectivity index (χ4n) is 2.55. The molecular formula is C20H17N3O6. The van der Waals surface area contributed by atoms with Crippen molar-refractivity contribution in [3.05, 3.63) is 65.3 Å². The molecule has 3 N–H and O–H groups in total. The lowest BCUT2D eigenvalue weighted by molar-refractivity contribution is -0.125. The van der Waals surface area contributed by atoms with Crippen LogP contribution in [0, 0.1) is 13.8 Å². The molecule has 9 heteroatoms. The minimum absolute atomic E-state index is 0.308. The minimum Gasteiger partial charge on any atom is -0.289 e. The SMILES string of the molecule is Cc1cccc(C)c1C1=CC(=O)NC1=O.O=C1C=CC(=O)N1.O=C1C=CC(=O)N1. The number of aryl methyl sites for hydroxylation is 2. The molecule has 0 bridgehead atoms. The molecule has 0 saturated carbocycles. The quantitative estimate of drug-likeness (QED) is 0.560. The first-order valence-corrected chi connectivity index (χ1v) is 8.37. The monoisotopic (exact) mass is 395 g/mol. The number of carbonyl (C=O) groups excluding carboxylic acids is 6. The molecule has 0 unspecified atom stereocenters. The van der Waals surface area contributed by atoms with Gasteiger partial charge in [-0.3, -0.25) is 44.7 Å². The van der Waals surface area contributed by atoms with E-state index < -0.39 is 0 Å². The van der Waals surface area contributed by atoms with Crippen LogP contribution in [0.1, 0.15) is 16.7 Å². The van der Waals surface area contributed by atoms with E-state index in [0.29, 0.717) is 5.57 Å². The van der Waals surface area contributed by atoms with Crippen LogP contribution >= 0.6 is 0 Å². The summed E-state index contributed by atoms with van der Waals surface area (Å²) in [4.78, 5) is 62.7. The zero-order chi connectivity index (χ0) is 21.6. The van der Waals surface area contributed by atoms with Gasteiger partial charge in [0.15, 0.2) is 0 Å². The number of imide groups is 3. The molecule has 0 aliphatic carbocycles. The summed E-state index contributed by atoms with van der Waals surface area (Å²) in [5.41, 5.74) is 3.34. The van der Waals surface area contributed by atoms with Crippen molar-refractivity contribution in [1.82, 2.24) is 16.0 Å². The maximum Gasteiger partial charge on any atom is 0.258 e. The molecule has 3 heterocycles. The van der Waals surface area contributed by atoms with Crippen molar-refractivity contribution in [3.63, 3.8) is 0 Å².